The zero-order valence-corrected chi connectivity index (χ0v) is 9.55. The second-order valence-electron chi connectivity index (χ2n) is 3.75. The van der Waals surface area contributed by atoms with E-state index in [-0.39, 0.29) is 0 Å². The van der Waals surface area contributed by atoms with Crippen molar-refractivity contribution in [1.82, 2.24) is 0 Å². The summed E-state index contributed by atoms with van der Waals surface area (Å²) < 4.78 is 52.3. The van der Waals surface area contributed by atoms with E-state index in [1.807, 2.05) is 0 Å². The number of rotatable bonds is 0. The van der Waals surface area contributed by atoms with Gasteiger partial charge in [0.1, 0.15) is 0 Å². The third-order valence-electron chi connectivity index (χ3n) is 2.53. The van der Waals surface area contributed by atoms with Crippen molar-refractivity contribution in [3.63, 3.8) is 0 Å². The highest BCUT2D eigenvalue weighted by atomic mass is 32.2. The van der Waals surface area contributed by atoms with Gasteiger partial charge in [0.05, 0.1) is 11.4 Å². The highest BCUT2D eigenvalue weighted by molar-refractivity contribution is 7.99. The molecular formula is C12H5F4NS. The lowest BCUT2D eigenvalue weighted by Crippen LogP contribution is -2.03. The molecule has 0 aliphatic carbocycles. The summed E-state index contributed by atoms with van der Waals surface area (Å²) in [7, 11) is 0. The molecule has 92 valence electrons. The van der Waals surface area contributed by atoms with Crippen molar-refractivity contribution in [2.45, 2.75) is 9.79 Å². The molecule has 3 rings (SSSR count). The van der Waals surface area contributed by atoms with E-state index in [1.165, 1.54) is 0 Å². The first-order valence-corrected chi connectivity index (χ1v) is 5.79. The Morgan fingerprint density at radius 3 is 1.50 bits per heavy atom. The summed E-state index contributed by atoms with van der Waals surface area (Å²) >= 11 is 1.05. The predicted octanol–water partition coefficient (Wildman–Crippen LogP) is 4.45. The molecule has 1 heterocycles. The molecule has 0 unspecified atom stereocenters. The van der Waals surface area contributed by atoms with Crippen LogP contribution in [0.2, 0.25) is 0 Å². The first kappa shape index (κ1) is 11.4. The summed E-state index contributed by atoms with van der Waals surface area (Å²) in [5, 5.41) is 2.74. The van der Waals surface area contributed by atoms with Crippen molar-refractivity contribution in [1.29, 1.82) is 0 Å². The van der Waals surface area contributed by atoms with Crippen LogP contribution >= 0.6 is 11.8 Å². The Bertz CT molecular complexity index is 546. The number of anilines is 2. The number of fused-ring (bicyclic) bond motifs is 2. The molecule has 18 heavy (non-hydrogen) atoms. The van der Waals surface area contributed by atoms with Crippen LogP contribution in [-0.2, 0) is 0 Å². The Balaban J connectivity index is 2.12. The first-order chi connectivity index (χ1) is 8.54. The maximum atomic E-state index is 13.1. The van der Waals surface area contributed by atoms with Crippen LogP contribution in [0.1, 0.15) is 0 Å². The molecule has 2 aromatic carbocycles. The fraction of sp³-hybridized carbons (Fsp3) is 0. The number of nitrogens with one attached hydrogen (secondary N) is 1. The average Bonchev–Trinajstić information content (AvgIpc) is 2.31. The third-order valence-corrected chi connectivity index (χ3v) is 3.65. The van der Waals surface area contributed by atoms with Gasteiger partial charge in [-0.25, -0.2) is 17.6 Å². The Morgan fingerprint density at radius 2 is 1.06 bits per heavy atom. The van der Waals surface area contributed by atoms with Crippen LogP contribution in [0.5, 0.6) is 0 Å². The molecule has 1 nitrogen and oxygen atoms in total. The van der Waals surface area contributed by atoms with Gasteiger partial charge in [-0.15, -0.1) is 0 Å². The predicted molar refractivity (Wildman–Crippen MR) is 60.1 cm³/mol. The van der Waals surface area contributed by atoms with E-state index in [4.69, 9.17) is 0 Å². The van der Waals surface area contributed by atoms with Gasteiger partial charge in [-0.3, -0.25) is 0 Å². The van der Waals surface area contributed by atoms with Gasteiger partial charge in [-0.05, 0) is 12.1 Å². The first-order valence-electron chi connectivity index (χ1n) is 4.97. The fourth-order valence-electron chi connectivity index (χ4n) is 1.68. The smallest absolute Gasteiger partial charge is 0.160 e. The summed E-state index contributed by atoms with van der Waals surface area (Å²) in [4.78, 5) is 0.847. The van der Waals surface area contributed by atoms with Gasteiger partial charge in [0.25, 0.3) is 0 Å². The van der Waals surface area contributed by atoms with E-state index >= 15 is 0 Å². The maximum absolute atomic E-state index is 13.1. The molecule has 0 aromatic heterocycles. The minimum absolute atomic E-state index is 0.331. The van der Waals surface area contributed by atoms with E-state index in [0.717, 1.165) is 36.0 Å². The van der Waals surface area contributed by atoms with Gasteiger partial charge >= 0.3 is 0 Å². The van der Waals surface area contributed by atoms with Gasteiger partial charge in [0.2, 0.25) is 0 Å². The third kappa shape index (κ3) is 1.73. The minimum Gasteiger partial charge on any atom is -0.354 e. The Labute approximate surface area is 104 Å². The lowest BCUT2D eigenvalue weighted by molar-refractivity contribution is 0.505. The van der Waals surface area contributed by atoms with Gasteiger partial charge in [0, 0.05) is 21.9 Å². The van der Waals surface area contributed by atoms with Crippen molar-refractivity contribution in [3.05, 3.63) is 47.5 Å². The van der Waals surface area contributed by atoms with E-state index in [9.17, 15) is 17.6 Å². The fourth-order valence-corrected chi connectivity index (χ4v) is 2.69. The SMILES string of the molecule is Fc1cc2c(cc1F)Sc1cc(F)c(F)cc1N2. The van der Waals surface area contributed by atoms with Crippen molar-refractivity contribution < 1.29 is 17.6 Å². The Hall–Kier alpha value is -1.69. The van der Waals surface area contributed by atoms with E-state index in [1.54, 1.807) is 0 Å². The maximum Gasteiger partial charge on any atom is 0.160 e. The molecule has 0 amide bonds. The second-order valence-corrected chi connectivity index (χ2v) is 4.84. The molecule has 1 N–H and O–H groups in total. The lowest BCUT2D eigenvalue weighted by atomic mass is 10.2. The molecule has 0 saturated carbocycles. The lowest BCUT2D eigenvalue weighted by Gasteiger charge is -2.21. The van der Waals surface area contributed by atoms with E-state index < -0.39 is 23.3 Å². The van der Waals surface area contributed by atoms with E-state index in [0.29, 0.717) is 21.2 Å². The molecule has 0 radical (unpaired) electrons. The quantitative estimate of drug-likeness (QED) is 0.606. The van der Waals surface area contributed by atoms with Gasteiger partial charge in [-0.1, -0.05) is 11.8 Å². The van der Waals surface area contributed by atoms with Crippen LogP contribution in [0.3, 0.4) is 0 Å². The Kier molecular flexibility index (Phi) is 2.48. The topological polar surface area (TPSA) is 12.0 Å². The van der Waals surface area contributed by atoms with Crippen molar-refractivity contribution in [2.75, 3.05) is 5.32 Å². The van der Waals surface area contributed by atoms with E-state index in [2.05, 4.69) is 5.32 Å². The zero-order valence-electron chi connectivity index (χ0n) is 8.73. The normalized spacial score (nSPS) is 12.7. The van der Waals surface area contributed by atoms with Crippen molar-refractivity contribution in [2.24, 2.45) is 0 Å². The molecule has 2 aromatic rings. The second kappa shape index (κ2) is 3.91. The molecule has 1 aliphatic rings. The molecule has 0 bridgehead atoms. The number of hydrogen-bond acceptors (Lipinski definition) is 2. The van der Waals surface area contributed by atoms with Gasteiger partial charge in [-0.2, -0.15) is 0 Å². The highest BCUT2D eigenvalue weighted by Crippen LogP contribution is 2.45. The summed E-state index contributed by atoms with van der Waals surface area (Å²) in [5.41, 5.74) is 0.662. The number of hydrogen-bond donors (Lipinski definition) is 1. The molecule has 6 heteroatoms. The van der Waals surface area contributed by atoms with Crippen LogP contribution in [0.4, 0.5) is 28.9 Å². The largest absolute Gasteiger partial charge is 0.354 e. The highest BCUT2D eigenvalue weighted by Gasteiger charge is 2.20. The van der Waals surface area contributed by atoms with Gasteiger partial charge < -0.3 is 5.32 Å². The minimum atomic E-state index is -0.993. The summed E-state index contributed by atoms with van der Waals surface area (Å²) in [6.07, 6.45) is 0. The average molecular weight is 271 g/mol. The van der Waals surface area contributed by atoms with Gasteiger partial charge in [0.15, 0.2) is 23.3 Å². The molecule has 1 aliphatic heterocycles. The van der Waals surface area contributed by atoms with Crippen molar-refractivity contribution >= 4 is 23.1 Å². The van der Waals surface area contributed by atoms with Crippen LogP contribution < -0.4 is 5.32 Å². The molecule has 0 saturated heterocycles. The molecule has 0 spiro atoms. The Morgan fingerprint density at radius 1 is 0.667 bits per heavy atom. The number of halogens is 4. The number of benzene rings is 2. The van der Waals surface area contributed by atoms with Crippen molar-refractivity contribution in [3.8, 4) is 0 Å². The standard InChI is InChI=1S/C12H5F4NS/c13-5-1-9-11(3-7(5)15)18-12-4-8(16)6(14)2-10(12)17-9/h1-4,17H. The molecule has 0 atom stereocenters. The monoisotopic (exact) mass is 271 g/mol. The van der Waals surface area contributed by atoms with Crippen LogP contribution in [0, 0.1) is 23.3 Å². The molecule has 0 fully saturated rings. The summed E-state index contributed by atoms with van der Waals surface area (Å²) in [5.74, 6) is -3.94. The summed E-state index contributed by atoms with van der Waals surface area (Å²) in [6, 6.07) is 4.02. The van der Waals surface area contributed by atoms with Crippen LogP contribution in [0.15, 0.2) is 34.1 Å². The summed E-state index contributed by atoms with van der Waals surface area (Å²) in [6.45, 7) is 0. The van der Waals surface area contributed by atoms with Crippen LogP contribution in [-0.4, -0.2) is 0 Å². The van der Waals surface area contributed by atoms with Crippen LogP contribution in [0.25, 0.3) is 0 Å². The molecular weight excluding hydrogens is 266 g/mol. The zero-order chi connectivity index (χ0) is 12.9.